The summed E-state index contributed by atoms with van der Waals surface area (Å²) in [6.45, 7) is 3.87. The third-order valence-electron chi connectivity index (χ3n) is 5.91. The van der Waals surface area contributed by atoms with E-state index < -0.39 is 5.60 Å². The fourth-order valence-electron chi connectivity index (χ4n) is 4.01. The Morgan fingerprint density at radius 2 is 1.26 bits per heavy atom. The number of hydrogen-bond acceptors (Lipinski definition) is 4. The first-order valence-corrected chi connectivity index (χ1v) is 11.1. The van der Waals surface area contributed by atoms with Crippen LogP contribution in [0.5, 0.6) is 11.5 Å². The molecule has 3 aromatic carbocycles. The van der Waals surface area contributed by atoms with Crippen molar-refractivity contribution in [3.8, 4) is 11.5 Å². The Kier molecular flexibility index (Phi) is 7.23. The van der Waals surface area contributed by atoms with Gasteiger partial charge in [-0.25, -0.2) is 0 Å². The van der Waals surface area contributed by atoms with E-state index in [0.717, 1.165) is 56.0 Å². The van der Waals surface area contributed by atoms with Crippen LogP contribution in [0.1, 0.15) is 24.0 Å². The number of likely N-dealkylation sites (tertiary alicyclic amines) is 1. The van der Waals surface area contributed by atoms with Crippen LogP contribution < -0.4 is 9.47 Å². The third-order valence-corrected chi connectivity index (χ3v) is 5.91. The van der Waals surface area contributed by atoms with Gasteiger partial charge in [-0.1, -0.05) is 60.7 Å². The molecule has 31 heavy (non-hydrogen) atoms. The second-order valence-electron chi connectivity index (χ2n) is 8.32. The number of nitrogens with zero attached hydrogens (tertiary/aromatic N) is 1. The van der Waals surface area contributed by atoms with Crippen molar-refractivity contribution in [2.24, 2.45) is 0 Å². The highest BCUT2D eigenvalue weighted by molar-refractivity contribution is 5.31. The van der Waals surface area contributed by atoms with Crippen LogP contribution in [0, 0.1) is 0 Å². The molecule has 1 N–H and O–H groups in total. The second kappa shape index (κ2) is 10.5. The van der Waals surface area contributed by atoms with Gasteiger partial charge in [-0.05, 0) is 48.2 Å². The lowest BCUT2D eigenvalue weighted by atomic mass is 9.85. The molecule has 162 valence electrons. The van der Waals surface area contributed by atoms with Crippen molar-refractivity contribution in [2.45, 2.75) is 31.5 Å². The number of aliphatic hydroxyl groups is 1. The Morgan fingerprint density at radius 1 is 0.710 bits per heavy atom. The summed E-state index contributed by atoms with van der Waals surface area (Å²) >= 11 is 0. The summed E-state index contributed by atoms with van der Waals surface area (Å²) < 4.78 is 11.7. The van der Waals surface area contributed by atoms with E-state index >= 15 is 0 Å². The van der Waals surface area contributed by atoms with Crippen LogP contribution in [0.25, 0.3) is 0 Å². The van der Waals surface area contributed by atoms with Crippen molar-refractivity contribution in [1.82, 2.24) is 4.90 Å². The largest absolute Gasteiger partial charge is 0.492 e. The second-order valence-corrected chi connectivity index (χ2v) is 8.32. The van der Waals surface area contributed by atoms with E-state index in [4.69, 9.17) is 9.47 Å². The molecule has 4 rings (SSSR count). The van der Waals surface area contributed by atoms with E-state index in [1.165, 1.54) is 5.56 Å². The molecule has 0 atom stereocenters. The van der Waals surface area contributed by atoms with Crippen molar-refractivity contribution in [3.05, 3.63) is 96.1 Å². The zero-order valence-corrected chi connectivity index (χ0v) is 18.0. The molecule has 0 aliphatic carbocycles. The first-order chi connectivity index (χ1) is 15.2. The van der Waals surface area contributed by atoms with Gasteiger partial charge in [0.05, 0.1) is 5.60 Å². The van der Waals surface area contributed by atoms with Crippen molar-refractivity contribution >= 4 is 0 Å². The van der Waals surface area contributed by atoms with E-state index in [2.05, 4.69) is 29.2 Å². The highest BCUT2D eigenvalue weighted by Gasteiger charge is 2.32. The predicted octanol–water partition coefficient (Wildman–Crippen LogP) is 4.71. The average Bonchev–Trinajstić information content (AvgIpc) is 2.81. The molecule has 0 spiro atoms. The van der Waals surface area contributed by atoms with Crippen LogP contribution in [0.3, 0.4) is 0 Å². The lowest BCUT2D eigenvalue weighted by molar-refractivity contribution is -0.0226. The third kappa shape index (κ3) is 6.58. The van der Waals surface area contributed by atoms with Gasteiger partial charge in [0.2, 0.25) is 0 Å². The smallest absolute Gasteiger partial charge is 0.120 e. The maximum atomic E-state index is 10.9. The van der Waals surface area contributed by atoms with Gasteiger partial charge < -0.3 is 14.6 Å². The predicted molar refractivity (Wildman–Crippen MR) is 123 cm³/mol. The maximum Gasteiger partial charge on any atom is 0.120 e. The van der Waals surface area contributed by atoms with Crippen LogP contribution in [0.15, 0.2) is 84.9 Å². The molecule has 0 aromatic heterocycles. The molecule has 0 bridgehead atoms. The molecule has 4 nitrogen and oxygen atoms in total. The number of rotatable bonds is 9. The lowest BCUT2D eigenvalue weighted by Crippen LogP contribution is -2.46. The highest BCUT2D eigenvalue weighted by Crippen LogP contribution is 2.26. The summed E-state index contributed by atoms with van der Waals surface area (Å²) in [6.07, 6.45) is 2.33. The van der Waals surface area contributed by atoms with Crippen LogP contribution in [0.2, 0.25) is 0 Å². The minimum Gasteiger partial charge on any atom is -0.492 e. The van der Waals surface area contributed by atoms with Crippen molar-refractivity contribution in [3.63, 3.8) is 0 Å². The molecule has 1 aliphatic heterocycles. The first-order valence-electron chi connectivity index (χ1n) is 11.1. The Morgan fingerprint density at radius 3 is 1.87 bits per heavy atom. The number of benzene rings is 3. The molecule has 0 amide bonds. The van der Waals surface area contributed by atoms with Gasteiger partial charge in [-0.15, -0.1) is 0 Å². The average molecular weight is 418 g/mol. The minimum absolute atomic E-state index is 0.562. The summed E-state index contributed by atoms with van der Waals surface area (Å²) in [5.74, 6) is 1.69. The molecular weight excluding hydrogens is 386 g/mol. The SMILES string of the molecule is OC1(Cc2ccccc2)CCN(CCOc2ccc(OCc3ccccc3)cc2)CC1. The zero-order chi connectivity index (χ0) is 21.4. The van der Waals surface area contributed by atoms with Gasteiger partial charge in [0.15, 0.2) is 0 Å². The van der Waals surface area contributed by atoms with E-state index in [9.17, 15) is 5.11 Å². The van der Waals surface area contributed by atoms with Crippen molar-refractivity contribution in [2.75, 3.05) is 26.2 Å². The standard InChI is InChI=1S/C27H31NO3/c29-27(21-23-7-3-1-4-8-23)15-17-28(18-16-27)19-20-30-25-11-13-26(14-12-25)31-22-24-9-5-2-6-10-24/h1-14,29H,15-22H2. The quantitative estimate of drug-likeness (QED) is 0.547. The Balaban J connectivity index is 1.15. The van der Waals surface area contributed by atoms with E-state index in [1.54, 1.807) is 0 Å². The molecular formula is C27H31NO3. The van der Waals surface area contributed by atoms with Gasteiger partial charge in [0, 0.05) is 26.1 Å². The molecule has 0 radical (unpaired) electrons. The molecule has 1 heterocycles. The lowest BCUT2D eigenvalue weighted by Gasteiger charge is -2.38. The minimum atomic E-state index is -0.589. The van der Waals surface area contributed by atoms with Gasteiger partial charge >= 0.3 is 0 Å². The fraction of sp³-hybridized carbons (Fsp3) is 0.333. The summed E-state index contributed by atoms with van der Waals surface area (Å²) in [4.78, 5) is 2.37. The number of ether oxygens (including phenoxy) is 2. The fourth-order valence-corrected chi connectivity index (χ4v) is 4.01. The summed E-state index contributed by atoms with van der Waals surface area (Å²) in [7, 11) is 0. The molecule has 0 unspecified atom stereocenters. The van der Waals surface area contributed by atoms with Crippen LogP contribution >= 0.6 is 0 Å². The normalized spacial score (nSPS) is 16.0. The Bertz CT molecular complexity index is 904. The van der Waals surface area contributed by atoms with Crippen LogP contribution in [0.4, 0.5) is 0 Å². The molecule has 1 saturated heterocycles. The van der Waals surface area contributed by atoms with E-state index in [0.29, 0.717) is 13.2 Å². The highest BCUT2D eigenvalue weighted by atomic mass is 16.5. The molecule has 1 fully saturated rings. The summed E-state index contributed by atoms with van der Waals surface area (Å²) in [6, 6.07) is 28.2. The topological polar surface area (TPSA) is 41.9 Å². The first kappa shape index (κ1) is 21.4. The van der Waals surface area contributed by atoms with E-state index in [-0.39, 0.29) is 0 Å². The Labute approximate surface area is 185 Å². The van der Waals surface area contributed by atoms with Gasteiger partial charge in [0.1, 0.15) is 24.7 Å². The molecule has 0 saturated carbocycles. The van der Waals surface area contributed by atoms with Crippen LogP contribution in [-0.4, -0.2) is 41.8 Å². The molecule has 3 aromatic rings. The van der Waals surface area contributed by atoms with Crippen molar-refractivity contribution in [1.29, 1.82) is 0 Å². The monoisotopic (exact) mass is 417 g/mol. The molecule has 4 heteroatoms. The van der Waals surface area contributed by atoms with Gasteiger partial charge in [-0.2, -0.15) is 0 Å². The van der Waals surface area contributed by atoms with Gasteiger partial charge in [-0.3, -0.25) is 4.90 Å². The maximum absolute atomic E-state index is 10.9. The number of hydrogen-bond donors (Lipinski definition) is 1. The molecule has 1 aliphatic rings. The van der Waals surface area contributed by atoms with Crippen LogP contribution in [-0.2, 0) is 13.0 Å². The number of piperidine rings is 1. The van der Waals surface area contributed by atoms with Crippen molar-refractivity contribution < 1.29 is 14.6 Å². The summed E-state index contributed by atoms with van der Waals surface area (Å²) in [5.41, 5.74) is 1.77. The van der Waals surface area contributed by atoms with E-state index in [1.807, 2.05) is 60.7 Å². The summed E-state index contributed by atoms with van der Waals surface area (Å²) in [5, 5.41) is 10.9. The van der Waals surface area contributed by atoms with Gasteiger partial charge in [0.25, 0.3) is 0 Å². The zero-order valence-electron chi connectivity index (χ0n) is 18.0. The Hall–Kier alpha value is -2.82.